The Kier molecular flexibility index (Phi) is 7.60. The van der Waals surface area contributed by atoms with Gasteiger partial charge in [0, 0.05) is 0 Å². The van der Waals surface area contributed by atoms with E-state index in [0.717, 1.165) is 16.7 Å². The highest BCUT2D eigenvalue weighted by atomic mass is 16.2. The molecule has 4 nitrogen and oxygen atoms in total. The summed E-state index contributed by atoms with van der Waals surface area (Å²) in [6, 6.07) is 25.2. The summed E-state index contributed by atoms with van der Waals surface area (Å²) in [6.07, 6.45) is 1.38. The highest BCUT2D eigenvalue weighted by molar-refractivity contribution is 6.03. The van der Waals surface area contributed by atoms with Gasteiger partial charge in [0.05, 0.1) is 23.2 Å². The second-order valence-corrected chi connectivity index (χ2v) is 7.77. The Hall–Kier alpha value is -3.40. The van der Waals surface area contributed by atoms with Gasteiger partial charge in [-0.1, -0.05) is 80.6 Å². The van der Waals surface area contributed by atoms with Gasteiger partial charge in [-0.25, -0.2) is 0 Å². The zero-order valence-electron chi connectivity index (χ0n) is 18.4. The predicted octanol–water partition coefficient (Wildman–Crippen LogP) is 6.26. The minimum Gasteiger partial charge on any atom is -0.324 e. The maximum absolute atomic E-state index is 13.1. The lowest BCUT2D eigenvalue weighted by Gasteiger charge is -2.20. The average Bonchev–Trinajstić information content (AvgIpc) is 2.78. The van der Waals surface area contributed by atoms with Crippen molar-refractivity contribution in [3.63, 3.8) is 0 Å². The Labute approximate surface area is 184 Å². The molecule has 2 unspecified atom stereocenters. The number of hydrogen-bond acceptors (Lipinski definition) is 2. The summed E-state index contributed by atoms with van der Waals surface area (Å²) in [5.41, 5.74) is 4.21. The molecule has 0 aliphatic carbocycles. The quantitative estimate of drug-likeness (QED) is 0.457. The molecule has 2 N–H and O–H groups in total. The van der Waals surface area contributed by atoms with Crippen molar-refractivity contribution in [3.05, 3.63) is 95.6 Å². The van der Waals surface area contributed by atoms with E-state index in [1.54, 1.807) is 0 Å². The number of hydrogen-bond donors (Lipinski definition) is 2. The molecule has 31 heavy (non-hydrogen) atoms. The van der Waals surface area contributed by atoms with E-state index < -0.39 is 0 Å². The molecule has 2 atom stereocenters. The molecular weight excluding hydrogens is 384 g/mol. The lowest BCUT2D eigenvalue weighted by Crippen LogP contribution is -2.24. The largest absolute Gasteiger partial charge is 0.324 e. The van der Waals surface area contributed by atoms with Gasteiger partial charge in [0.1, 0.15) is 0 Å². The average molecular weight is 415 g/mol. The van der Waals surface area contributed by atoms with E-state index in [1.165, 1.54) is 0 Å². The van der Waals surface area contributed by atoms with Crippen molar-refractivity contribution in [1.82, 2.24) is 0 Å². The number of carbonyl (C=O) groups excluding carboxylic acids is 2. The monoisotopic (exact) mass is 414 g/mol. The molecule has 3 aromatic carbocycles. The van der Waals surface area contributed by atoms with E-state index in [1.807, 2.05) is 99.6 Å². The van der Waals surface area contributed by atoms with Crippen molar-refractivity contribution < 1.29 is 9.59 Å². The van der Waals surface area contributed by atoms with Gasteiger partial charge in [0.15, 0.2) is 0 Å². The lowest BCUT2D eigenvalue weighted by atomic mass is 9.95. The number of aryl methyl sites for hydroxylation is 1. The Balaban J connectivity index is 1.82. The molecule has 3 rings (SSSR count). The van der Waals surface area contributed by atoms with Gasteiger partial charge in [-0.05, 0) is 48.6 Å². The second-order valence-electron chi connectivity index (χ2n) is 7.77. The summed E-state index contributed by atoms with van der Waals surface area (Å²) in [5.74, 6) is -0.662. The predicted molar refractivity (Wildman–Crippen MR) is 127 cm³/mol. The maximum atomic E-state index is 13.1. The van der Waals surface area contributed by atoms with Gasteiger partial charge in [-0.2, -0.15) is 0 Å². The Bertz CT molecular complexity index is 1020. The van der Waals surface area contributed by atoms with E-state index in [4.69, 9.17) is 0 Å². The van der Waals surface area contributed by atoms with Gasteiger partial charge >= 0.3 is 0 Å². The van der Waals surface area contributed by atoms with Gasteiger partial charge in [-0.3, -0.25) is 9.59 Å². The Morgan fingerprint density at radius 3 is 1.58 bits per heavy atom. The van der Waals surface area contributed by atoms with E-state index >= 15 is 0 Å². The number of nitrogens with one attached hydrogen (secondary N) is 2. The molecule has 3 aromatic rings. The number of anilines is 2. The summed E-state index contributed by atoms with van der Waals surface area (Å²) >= 11 is 0. The summed E-state index contributed by atoms with van der Waals surface area (Å²) in [4.78, 5) is 26.1. The fourth-order valence-electron chi connectivity index (χ4n) is 3.83. The first kappa shape index (κ1) is 22.3. The summed E-state index contributed by atoms with van der Waals surface area (Å²) in [6.45, 7) is 5.97. The van der Waals surface area contributed by atoms with Gasteiger partial charge < -0.3 is 10.6 Å². The number of carbonyl (C=O) groups is 2. The number of rotatable bonds is 8. The maximum Gasteiger partial charge on any atom is 0.231 e. The lowest BCUT2D eigenvalue weighted by molar-refractivity contribution is -0.118. The van der Waals surface area contributed by atoms with Crippen LogP contribution >= 0.6 is 0 Å². The molecule has 0 radical (unpaired) electrons. The minimum absolute atomic E-state index is 0.0788. The first-order valence-corrected chi connectivity index (χ1v) is 10.9. The van der Waals surface area contributed by atoms with Gasteiger partial charge in [-0.15, -0.1) is 0 Å². The minimum atomic E-state index is -0.252. The van der Waals surface area contributed by atoms with E-state index in [0.29, 0.717) is 24.2 Å². The van der Waals surface area contributed by atoms with Crippen LogP contribution in [0.1, 0.15) is 55.2 Å². The van der Waals surface area contributed by atoms with E-state index in [2.05, 4.69) is 10.6 Å². The summed E-state index contributed by atoms with van der Waals surface area (Å²) < 4.78 is 0. The van der Waals surface area contributed by atoms with Gasteiger partial charge in [0.2, 0.25) is 11.8 Å². The van der Waals surface area contributed by atoms with Crippen LogP contribution in [0, 0.1) is 6.92 Å². The molecule has 2 amide bonds. The van der Waals surface area contributed by atoms with Crippen molar-refractivity contribution in [2.24, 2.45) is 0 Å². The molecule has 0 aliphatic rings. The van der Waals surface area contributed by atoms with Gasteiger partial charge in [0.25, 0.3) is 0 Å². The van der Waals surface area contributed by atoms with Crippen LogP contribution in [0.2, 0.25) is 0 Å². The van der Waals surface area contributed by atoms with Crippen molar-refractivity contribution in [1.29, 1.82) is 0 Å². The van der Waals surface area contributed by atoms with Crippen LogP contribution in [-0.4, -0.2) is 11.8 Å². The standard InChI is InChI=1S/C27H30N2O2/c1-4-22(20-12-8-6-9-13-20)26(30)28-24-17-16-19(3)18-25(24)29-27(31)23(5-2)21-14-10-7-11-15-21/h6-18,22-23H,4-5H2,1-3H3,(H,28,30)(H,29,31). The zero-order chi connectivity index (χ0) is 22.2. The highest BCUT2D eigenvalue weighted by Crippen LogP contribution is 2.29. The molecule has 0 aromatic heterocycles. The SMILES string of the molecule is CCC(C(=O)Nc1ccc(C)cc1NC(=O)C(CC)c1ccccc1)c1ccccc1. The van der Waals surface area contributed by atoms with Crippen LogP contribution in [0.15, 0.2) is 78.9 Å². The van der Waals surface area contributed by atoms with Crippen LogP contribution in [0.3, 0.4) is 0 Å². The summed E-state index contributed by atoms with van der Waals surface area (Å²) in [7, 11) is 0. The molecule has 0 fully saturated rings. The summed E-state index contributed by atoms with van der Waals surface area (Å²) in [5, 5.41) is 6.08. The third kappa shape index (κ3) is 5.60. The fourth-order valence-corrected chi connectivity index (χ4v) is 3.83. The molecule has 0 spiro atoms. The molecule has 0 heterocycles. The smallest absolute Gasteiger partial charge is 0.231 e. The fraction of sp³-hybridized carbons (Fsp3) is 0.259. The second kappa shape index (κ2) is 10.6. The van der Waals surface area contributed by atoms with E-state index in [-0.39, 0.29) is 23.7 Å². The molecule has 4 heteroatoms. The van der Waals surface area contributed by atoms with Crippen molar-refractivity contribution in [3.8, 4) is 0 Å². The van der Waals surface area contributed by atoms with Crippen LogP contribution in [0.4, 0.5) is 11.4 Å². The molecule has 0 saturated carbocycles. The third-order valence-corrected chi connectivity index (χ3v) is 5.54. The van der Waals surface area contributed by atoms with Crippen molar-refractivity contribution in [2.75, 3.05) is 10.6 Å². The molecule has 0 saturated heterocycles. The third-order valence-electron chi connectivity index (χ3n) is 5.54. The van der Waals surface area contributed by atoms with E-state index in [9.17, 15) is 9.59 Å². The Morgan fingerprint density at radius 1 is 0.677 bits per heavy atom. The zero-order valence-corrected chi connectivity index (χ0v) is 18.4. The molecule has 160 valence electrons. The first-order valence-electron chi connectivity index (χ1n) is 10.9. The van der Waals surface area contributed by atoms with Crippen LogP contribution < -0.4 is 10.6 Å². The van der Waals surface area contributed by atoms with Crippen molar-refractivity contribution >= 4 is 23.2 Å². The number of amides is 2. The van der Waals surface area contributed by atoms with Crippen LogP contribution in [0.25, 0.3) is 0 Å². The molecule has 0 aliphatic heterocycles. The Morgan fingerprint density at radius 2 is 1.13 bits per heavy atom. The van der Waals surface area contributed by atoms with Crippen LogP contribution in [-0.2, 0) is 9.59 Å². The number of benzene rings is 3. The van der Waals surface area contributed by atoms with Crippen LogP contribution in [0.5, 0.6) is 0 Å². The topological polar surface area (TPSA) is 58.2 Å². The first-order chi connectivity index (χ1) is 15.0. The highest BCUT2D eigenvalue weighted by Gasteiger charge is 2.22. The van der Waals surface area contributed by atoms with Crippen molar-refractivity contribution in [2.45, 2.75) is 45.4 Å². The molecule has 0 bridgehead atoms. The molecular formula is C27H30N2O2. The normalized spacial score (nSPS) is 12.6.